The van der Waals surface area contributed by atoms with E-state index in [1.54, 1.807) is 0 Å². The number of benzene rings is 2. The van der Waals surface area contributed by atoms with Crippen LogP contribution in [0.25, 0.3) is 0 Å². The minimum absolute atomic E-state index is 0.337. The second kappa shape index (κ2) is 5.74. The van der Waals surface area contributed by atoms with Gasteiger partial charge < -0.3 is 5.73 Å². The van der Waals surface area contributed by atoms with Gasteiger partial charge in [0.15, 0.2) is 5.82 Å². The number of hydrogen-bond donors (Lipinski definition) is 2. The molecule has 0 heterocycles. The lowest BCUT2D eigenvalue weighted by molar-refractivity contribution is 0.530. The molecule has 0 spiro atoms. The Morgan fingerprint density at radius 3 is 2.29 bits per heavy atom. The lowest BCUT2D eigenvalue weighted by Crippen LogP contribution is -2.17. The van der Waals surface area contributed by atoms with Crippen LogP contribution in [0.15, 0.2) is 41.3 Å². The van der Waals surface area contributed by atoms with Gasteiger partial charge >= 0.3 is 0 Å². The van der Waals surface area contributed by atoms with Gasteiger partial charge in [-0.2, -0.15) is 0 Å². The molecule has 0 amide bonds. The van der Waals surface area contributed by atoms with E-state index in [2.05, 4.69) is 0 Å². The Labute approximate surface area is 119 Å². The summed E-state index contributed by atoms with van der Waals surface area (Å²) in [5, 5.41) is 0. The van der Waals surface area contributed by atoms with E-state index in [4.69, 9.17) is 5.73 Å². The van der Waals surface area contributed by atoms with E-state index in [0.717, 1.165) is 18.2 Å². The third-order valence-electron chi connectivity index (χ3n) is 2.76. The first kappa shape index (κ1) is 15.3. The van der Waals surface area contributed by atoms with Gasteiger partial charge in [-0.25, -0.2) is 21.6 Å². The molecule has 2 aromatic rings. The zero-order valence-corrected chi connectivity index (χ0v) is 11.4. The molecule has 0 aromatic heterocycles. The molecule has 0 saturated heterocycles. The Kier molecular flexibility index (Phi) is 4.19. The van der Waals surface area contributed by atoms with Crippen LogP contribution in [0, 0.1) is 17.5 Å². The Morgan fingerprint density at radius 2 is 1.67 bits per heavy atom. The predicted octanol–water partition coefficient (Wildman–Crippen LogP) is 2.36. The maximum absolute atomic E-state index is 14.0. The van der Waals surface area contributed by atoms with E-state index >= 15 is 0 Å². The van der Waals surface area contributed by atoms with Crippen LogP contribution >= 0.6 is 0 Å². The highest BCUT2D eigenvalue weighted by Crippen LogP contribution is 2.24. The third-order valence-corrected chi connectivity index (χ3v) is 4.15. The maximum atomic E-state index is 14.0. The average molecular weight is 316 g/mol. The molecule has 0 unspecified atom stereocenters. The van der Waals surface area contributed by atoms with Crippen LogP contribution in [0.4, 0.5) is 18.9 Å². The summed E-state index contributed by atoms with van der Waals surface area (Å²) in [5.74, 6) is -3.05. The fraction of sp³-hybridized carbons (Fsp3) is 0.0769. The largest absolute Gasteiger partial charge is 0.326 e. The molecular weight excluding hydrogens is 305 g/mol. The van der Waals surface area contributed by atoms with E-state index in [1.165, 1.54) is 18.2 Å². The first-order valence-corrected chi connectivity index (χ1v) is 7.29. The molecule has 0 radical (unpaired) electrons. The van der Waals surface area contributed by atoms with Crippen LogP contribution in [0.1, 0.15) is 5.56 Å². The monoisotopic (exact) mass is 316 g/mol. The normalized spacial score (nSPS) is 11.4. The standard InChI is InChI=1S/C13H11F3N2O2S/c14-9-5-6-12(13(16)8(9)7-17)21(19,20)18-11-4-2-1-3-10(11)15/h1-6,18H,7,17H2. The molecule has 112 valence electrons. The average Bonchev–Trinajstić information content (AvgIpc) is 2.41. The highest BCUT2D eigenvalue weighted by molar-refractivity contribution is 7.92. The first-order valence-electron chi connectivity index (χ1n) is 5.81. The van der Waals surface area contributed by atoms with Crippen LogP contribution < -0.4 is 10.5 Å². The van der Waals surface area contributed by atoms with Crippen molar-refractivity contribution < 1.29 is 21.6 Å². The van der Waals surface area contributed by atoms with Crippen molar-refractivity contribution in [2.45, 2.75) is 11.4 Å². The van der Waals surface area contributed by atoms with Crippen LogP contribution in [-0.2, 0) is 16.6 Å². The van der Waals surface area contributed by atoms with Crippen molar-refractivity contribution in [3.05, 3.63) is 59.4 Å². The van der Waals surface area contributed by atoms with Gasteiger partial charge in [-0.15, -0.1) is 0 Å². The smallest absolute Gasteiger partial charge is 0.264 e. The molecule has 2 aromatic carbocycles. The molecule has 0 aliphatic carbocycles. The van der Waals surface area contributed by atoms with Crippen LogP contribution in [-0.4, -0.2) is 8.42 Å². The zero-order chi connectivity index (χ0) is 15.6. The lowest BCUT2D eigenvalue weighted by atomic mass is 10.2. The Bertz CT molecular complexity index is 779. The van der Waals surface area contributed by atoms with Gasteiger partial charge in [0.05, 0.1) is 5.69 Å². The van der Waals surface area contributed by atoms with Crippen LogP contribution in [0.5, 0.6) is 0 Å². The molecular formula is C13H11F3N2O2S. The van der Waals surface area contributed by atoms with Crippen molar-refractivity contribution in [3.8, 4) is 0 Å². The fourth-order valence-corrected chi connectivity index (χ4v) is 2.89. The number of rotatable bonds is 4. The van der Waals surface area contributed by atoms with E-state index in [-0.39, 0.29) is 5.69 Å². The molecule has 0 aliphatic rings. The highest BCUT2D eigenvalue weighted by Gasteiger charge is 2.24. The zero-order valence-electron chi connectivity index (χ0n) is 10.6. The minimum atomic E-state index is -4.40. The van der Waals surface area contributed by atoms with Crippen molar-refractivity contribution in [3.63, 3.8) is 0 Å². The van der Waals surface area contributed by atoms with E-state index in [9.17, 15) is 21.6 Å². The minimum Gasteiger partial charge on any atom is -0.326 e. The van der Waals surface area contributed by atoms with Crippen molar-refractivity contribution in [2.75, 3.05) is 4.72 Å². The topological polar surface area (TPSA) is 72.2 Å². The van der Waals surface area contributed by atoms with Crippen LogP contribution in [0.2, 0.25) is 0 Å². The highest BCUT2D eigenvalue weighted by atomic mass is 32.2. The van der Waals surface area contributed by atoms with Crippen molar-refractivity contribution in [2.24, 2.45) is 5.73 Å². The van der Waals surface area contributed by atoms with Crippen molar-refractivity contribution >= 4 is 15.7 Å². The van der Waals surface area contributed by atoms with Crippen molar-refractivity contribution in [1.29, 1.82) is 0 Å². The van der Waals surface area contributed by atoms with E-state index in [1.807, 2.05) is 4.72 Å². The lowest BCUT2D eigenvalue weighted by Gasteiger charge is -2.11. The summed E-state index contributed by atoms with van der Waals surface area (Å²) >= 11 is 0. The number of halogens is 3. The molecule has 8 heteroatoms. The summed E-state index contributed by atoms with van der Waals surface area (Å²) in [6.07, 6.45) is 0. The van der Waals surface area contributed by atoms with Gasteiger partial charge in [-0.3, -0.25) is 4.72 Å². The maximum Gasteiger partial charge on any atom is 0.264 e. The second-order valence-electron chi connectivity index (χ2n) is 4.13. The first-order chi connectivity index (χ1) is 9.86. The second-order valence-corrected chi connectivity index (χ2v) is 5.78. The van der Waals surface area contributed by atoms with E-state index in [0.29, 0.717) is 0 Å². The molecule has 0 bridgehead atoms. The molecule has 0 fully saturated rings. The molecule has 2 rings (SSSR count). The summed E-state index contributed by atoms with van der Waals surface area (Å²) in [7, 11) is -4.40. The van der Waals surface area contributed by atoms with Gasteiger partial charge in [0.25, 0.3) is 10.0 Å². The number of sulfonamides is 1. The number of nitrogens with one attached hydrogen (secondary N) is 1. The Hall–Kier alpha value is -2.06. The summed E-state index contributed by atoms with van der Waals surface area (Å²) in [4.78, 5) is -0.799. The van der Waals surface area contributed by atoms with E-state index < -0.39 is 44.5 Å². The molecule has 0 atom stereocenters. The van der Waals surface area contributed by atoms with Crippen molar-refractivity contribution in [1.82, 2.24) is 0 Å². The molecule has 0 aliphatic heterocycles. The number of para-hydroxylation sites is 1. The molecule has 21 heavy (non-hydrogen) atoms. The summed E-state index contributed by atoms with van der Waals surface area (Å²) in [6.45, 7) is -0.499. The molecule has 3 N–H and O–H groups in total. The molecule has 4 nitrogen and oxygen atoms in total. The number of anilines is 1. The summed E-state index contributed by atoms with van der Waals surface area (Å²) < 4.78 is 66.8. The van der Waals surface area contributed by atoms with Gasteiger partial charge in [0, 0.05) is 12.1 Å². The van der Waals surface area contributed by atoms with Gasteiger partial charge in [0.1, 0.15) is 16.5 Å². The molecule has 0 saturated carbocycles. The van der Waals surface area contributed by atoms with Gasteiger partial charge in [-0.05, 0) is 24.3 Å². The summed E-state index contributed by atoms with van der Waals surface area (Å²) in [5.41, 5.74) is 4.30. The third kappa shape index (κ3) is 3.01. The fourth-order valence-electron chi connectivity index (χ4n) is 1.71. The Balaban J connectivity index is 2.48. The number of hydrogen-bond acceptors (Lipinski definition) is 3. The summed E-state index contributed by atoms with van der Waals surface area (Å²) in [6, 6.07) is 6.56. The van der Waals surface area contributed by atoms with Gasteiger partial charge in [-0.1, -0.05) is 12.1 Å². The van der Waals surface area contributed by atoms with Gasteiger partial charge in [0.2, 0.25) is 0 Å². The Morgan fingerprint density at radius 1 is 1.00 bits per heavy atom. The SMILES string of the molecule is NCc1c(F)ccc(S(=O)(=O)Nc2ccccc2F)c1F. The van der Waals surface area contributed by atoms with Crippen LogP contribution in [0.3, 0.4) is 0 Å². The quantitative estimate of drug-likeness (QED) is 0.909. The number of nitrogens with two attached hydrogens (primary N) is 1. The predicted molar refractivity (Wildman–Crippen MR) is 71.5 cm³/mol.